The van der Waals surface area contributed by atoms with E-state index in [0.29, 0.717) is 22.0 Å². The molecule has 0 saturated heterocycles. The zero-order chi connectivity index (χ0) is 16.8. The first-order chi connectivity index (χ1) is 10.3. The van der Waals surface area contributed by atoms with Gasteiger partial charge in [-0.2, -0.15) is 4.31 Å². The fourth-order valence-electron chi connectivity index (χ4n) is 1.85. The second-order valence-corrected chi connectivity index (χ2v) is 7.43. The molecule has 0 aliphatic heterocycles. The summed E-state index contributed by atoms with van der Waals surface area (Å²) in [7, 11) is -3.65. The highest BCUT2D eigenvalue weighted by Gasteiger charge is 2.25. The van der Waals surface area contributed by atoms with Crippen LogP contribution in [0.1, 0.15) is 25.8 Å². The summed E-state index contributed by atoms with van der Waals surface area (Å²) in [6.07, 6.45) is 0.597. The number of hydrogen-bond donors (Lipinski definition) is 0. The van der Waals surface area contributed by atoms with E-state index in [-0.39, 0.29) is 25.4 Å². The first-order valence-electron chi connectivity index (χ1n) is 6.87. The third-order valence-corrected chi connectivity index (χ3v) is 5.35. The lowest BCUT2D eigenvalue weighted by molar-refractivity contribution is -0.143. The minimum atomic E-state index is -3.65. The lowest BCUT2D eigenvalue weighted by Crippen LogP contribution is -2.37. The summed E-state index contributed by atoms with van der Waals surface area (Å²) >= 11 is 11.7. The average molecular weight is 368 g/mol. The van der Waals surface area contributed by atoms with Crippen LogP contribution in [0.3, 0.4) is 0 Å². The monoisotopic (exact) mass is 367 g/mol. The van der Waals surface area contributed by atoms with Gasteiger partial charge in [0.25, 0.3) is 0 Å². The van der Waals surface area contributed by atoms with Gasteiger partial charge >= 0.3 is 5.97 Å². The molecule has 124 valence electrons. The average Bonchev–Trinajstić information content (AvgIpc) is 2.42. The van der Waals surface area contributed by atoms with Gasteiger partial charge in [-0.15, -0.1) is 0 Å². The number of carbonyl (C=O) groups is 1. The highest BCUT2D eigenvalue weighted by molar-refractivity contribution is 7.88. The summed E-state index contributed by atoms with van der Waals surface area (Å²) in [6.45, 7) is 3.69. The SMILES string of the molecule is CCCN(CC(=O)OCC)S(=O)(=O)Cc1ccc(Cl)c(Cl)c1. The van der Waals surface area contributed by atoms with E-state index in [1.807, 2.05) is 6.92 Å². The van der Waals surface area contributed by atoms with Gasteiger partial charge < -0.3 is 4.74 Å². The molecule has 1 aromatic carbocycles. The van der Waals surface area contributed by atoms with Gasteiger partial charge in [-0.3, -0.25) is 4.79 Å². The molecule has 1 aromatic rings. The molecule has 0 aliphatic carbocycles. The Labute approximate surface area is 141 Å². The predicted molar refractivity (Wildman–Crippen MR) is 87.6 cm³/mol. The second kappa shape index (κ2) is 8.72. The maximum absolute atomic E-state index is 12.5. The molecule has 0 amide bonds. The molecule has 0 aliphatic rings. The summed E-state index contributed by atoms with van der Waals surface area (Å²) < 4.78 is 30.9. The van der Waals surface area contributed by atoms with Crippen LogP contribution < -0.4 is 0 Å². The van der Waals surface area contributed by atoms with Gasteiger partial charge in [0.1, 0.15) is 6.54 Å². The van der Waals surface area contributed by atoms with Gasteiger partial charge in [0.15, 0.2) is 0 Å². The van der Waals surface area contributed by atoms with Crippen molar-refractivity contribution in [1.82, 2.24) is 4.31 Å². The van der Waals surface area contributed by atoms with Crippen molar-refractivity contribution in [2.75, 3.05) is 19.7 Å². The topological polar surface area (TPSA) is 63.7 Å². The molecular weight excluding hydrogens is 349 g/mol. The highest BCUT2D eigenvalue weighted by Crippen LogP contribution is 2.24. The van der Waals surface area contributed by atoms with Gasteiger partial charge in [-0.1, -0.05) is 36.2 Å². The Hall–Kier alpha value is -0.820. The van der Waals surface area contributed by atoms with Crippen molar-refractivity contribution < 1.29 is 17.9 Å². The molecule has 0 fully saturated rings. The number of carbonyl (C=O) groups excluding carboxylic acids is 1. The maximum atomic E-state index is 12.5. The van der Waals surface area contributed by atoms with E-state index in [9.17, 15) is 13.2 Å². The molecule has 1 rings (SSSR count). The molecule has 0 radical (unpaired) electrons. The largest absolute Gasteiger partial charge is 0.465 e. The second-order valence-electron chi connectivity index (χ2n) is 4.64. The fourth-order valence-corrected chi connectivity index (χ4v) is 3.71. The van der Waals surface area contributed by atoms with Crippen LogP contribution in [0.4, 0.5) is 0 Å². The summed E-state index contributed by atoms with van der Waals surface area (Å²) in [6, 6.07) is 4.65. The zero-order valence-electron chi connectivity index (χ0n) is 12.5. The van der Waals surface area contributed by atoms with Crippen molar-refractivity contribution in [2.24, 2.45) is 0 Å². The highest BCUT2D eigenvalue weighted by atomic mass is 35.5. The number of hydrogen-bond acceptors (Lipinski definition) is 4. The van der Waals surface area contributed by atoms with Crippen molar-refractivity contribution in [1.29, 1.82) is 0 Å². The molecule has 0 bridgehead atoms. The molecular formula is C14H19Cl2NO4S. The molecule has 8 heteroatoms. The van der Waals surface area contributed by atoms with Crippen molar-refractivity contribution in [3.63, 3.8) is 0 Å². The summed E-state index contributed by atoms with van der Waals surface area (Å²) in [4.78, 5) is 11.6. The van der Waals surface area contributed by atoms with Crippen LogP contribution in [0.2, 0.25) is 10.0 Å². The molecule has 0 N–H and O–H groups in total. The van der Waals surface area contributed by atoms with Crippen LogP contribution in [-0.2, 0) is 25.3 Å². The molecule has 0 aromatic heterocycles. The van der Waals surface area contributed by atoms with Crippen LogP contribution >= 0.6 is 23.2 Å². The van der Waals surface area contributed by atoms with Crippen molar-refractivity contribution in [3.05, 3.63) is 33.8 Å². The van der Waals surface area contributed by atoms with Crippen LogP contribution in [0, 0.1) is 0 Å². The van der Waals surface area contributed by atoms with Crippen molar-refractivity contribution >= 4 is 39.2 Å². The summed E-state index contributed by atoms with van der Waals surface area (Å²) in [5.74, 6) is -0.808. The van der Waals surface area contributed by atoms with Gasteiger partial charge in [-0.25, -0.2) is 8.42 Å². The first kappa shape index (κ1) is 19.2. The number of nitrogens with zero attached hydrogens (tertiary/aromatic N) is 1. The van der Waals surface area contributed by atoms with Gasteiger partial charge in [0, 0.05) is 6.54 Å². The molecule has 0 atom stereocenters. The molecule has 0 heterocycles. The minimum absolute atomic E-state index is 0.214. The lowest BCUT2D eigenvalue weighted by Gasteiger charge is -2.20. The Morgan fingerprint density at radius 3 is 2.45 bits per heavy atom. The third kappa shape index (κ3) is 5.76. The van der Waals surface area contributed by atoms with Crippen molar-refractivity contribution in [3.8, 4) is 0 Å². The van der Waals surface area contributed by atoms with Crippen LogP contribution in [0.15, 0.2) is 18.2 Å². The minimum Gasteiger partial charge on any atom is -0.465 e. The number of rotatable bonds is 8. The van der Waals surface area contributed by atoms with E-state index in [2.05, 4.69) is 0 Å². The standard InChI is InChI=1S/C14H19Cl2NO4S/c1-3-7-17(9-14(18)21-4-2)22(19,20)10-11-5-6-12(15)13(16)8-11/h5-6,8H,3-4,7,9-10H2,1-2H3. The fraction of sp³-hybridized carbons (Fsp3) is 0.500. The Morgan fingerprint density at radius 2 is 1.91 bits per heavy atom. The quantitative estimate of drug-likeness (QED) is 0.662. The summed E-state index contributed by atoms with van der Waals surface area (Å²) in [5.41, 5.74) is 0.513. The third-order valence-electron chi connectivity index (χ3n) is 2.81. The first-order valence-corrected chi connectivity index (χ1v) is 9.24. The maximum Gasteiger partial charge on any atom is 0.321 e. The van der Waals surface area contributed by atoms with E-state index in [1.54, 1.807) is 19.1 Å². The Morgan fingerprint density at radius 1 is 1.23 bits per heavy atom. The van der Waals surface area contributed by atoms with Crippen LogP contribution in [0.5, 0.6) is 0 Å². The number of halogens is 2. The van der Waals surface area contributed by atoms with E-state index in [4.69, 9.17) is 27.9 Å². The molecule has 0 spiro atoms. The van der Waals surface area contributed by atoms with E-state index in [1.165, 1.54) is 6.07 Å². The normalized spacial score (nSPS) is 11.7. The number of ether oxygens (including phenoxy) is 1. The van der Waals surface area contributed by atoms with E-state index >= 15 is 0 Å². The summed E-state index contributed by atoms with van der Waals surface area (Å²) in [5, 5.41) is 0.654. The van der Waals surface area contributed by atoms with Crippen LogP contribution in [0.25, 0.3) is 0 Å². The van der Waals surface area contributed by atoms with E-state index in [0.717, 1.165) is 4.31 Å². The molecule has 0 unspecified atom stereocenters. The zero-order valence-corrected chi connectivity index (χ0v) is 14.8. The smallest absolute Gasteiger partial charge is 0.321 e. The van der Waals surface area contributed by atoms with Gasteiger partial charge in [0.05, 0.1) is 22.4 Å². The van der Waals surface area contributed by atoms with Crippen LogP contribution in [-0.4, -0.2) is 38.4 Å². The Kier molecular flexibility index (Phi) is 7.62. The molecule has 22 heavy (non-hydrogen) atoms. The van der Waals surface area contributed by atoms with E-state index < -0.39 is 16.0 Å². The van der Waals surface area contributed by atoms with Gasteiger partial charge in [0.2, 0.25) is 10.0 Å². The molecule has 5 nitrogen and oxygen atoms in total. The van der Waals surface area contributed by atoms with Gasteiger partial charge in [-0.05, 0) is 31.0 Å². The lowest BCUT2D eigenvalue weighted by atomic mass is 10.2. The number of sulfonamides is 1. The predicted octanol–water partition coefficient (Wildman–Crippen LogP) is 3.10. The Balaban J connectivity index is 2.91. The number of esters is 1. The van der Waals surface area contributed by atoms with Crippen molar-refractivity contribution in [2.45, 2.75) is 26.0 Å². The Bertz CT molecular complexity index is 619. The molecule has 0 saturated carbocycles. The number of benzene rings is 1.